The third-order valence-corrected chi connectivity index (χ3v) is 3.29. The van der Waals surface area contributed by atoms with E-state index in [4.69, 9.17) is 0 Å². The standard InChI is InChI=1S/C12H23NOS/c1-6-8-9-11(7-2)10-13-15(14)12(3,4)5/h9-10H,6-8H2,1-5H3/b11-9+,13-10+/t15-/m1/s1. The second-order valence-corrected chi connectivity index (χ2v) is 6.45. The second kappa shape index (κ2) is 6.94. The molecule has 0 bridgehead atoms. The maximum Gasteiger partial charge on any atom is 0.144 e. The molecule has 0 aromatic carbocycles. The fourth-order valence-corrected chi connectivity index (χ4v) is 1.44. The van der Waals surface area contributed by atoms with E-state index in [0.29, 0.717) is 0 Å². The molecular weight excluding hydrogens is 206 g/mol. The van der Waals surface area contributed by atoms with Crippen molar-refractivity contribution < 1.29 is 4.21 Å². The van der Waals surface area contributed by atoms with Crippen LogP contribution >= 0.6 is 0 Å². The number of hydrogen-bond donors (Lipinski definition) is 0. The van der Waals surface area contributed by atoms with E-state index in [9.17, 15) is 4.21 Å². The smallest absolute Gasteiger partial charge is 0.144 e. The topological polar surface area (TPSA) is 29.4 Å². The monoisotopic (exact) mass is 229 g/mol. The quantitative estimate of drug-likeness (QED) is 0.662. The number of allylic oxidation sites excluding steroid dienone is 2. The molecule has 0 N–H and O–H groups in total. The van der Waals surface area contributed by atoms with Crippen LogP contribution in [-0.2, 0) is 11.0 Å². The molecule has 0 amide bonds. The van der Waals surface area contributed by atoms with E-state index < -0.39 is 11.0 Å². The maximum absolute atomic E-state index is 11.6. The molecule has 1 atom stereocenters. The van der Waals surface area contributed by atoms with Gasteiger partial charge in [0.1, 0.15) is 11.0 Å². The van der Waals surface area contributed by atoms with Gasteiger partial charge in [-0.05, 0) is 39.2 Å². The molecule has 0 aliphatic rings. The van der Waals surface area contributed by atoms with Gasteiger partial charge in [-0.1, -0.05) is 26.3 Å². The van der Waals surface area contributed by atoms with Crippen molar-refractivity contribution in [2.24, 2.45) is 4.40 Å². The van der Waals surface area contributed by atoms with Crippen molar-refractivity contribution in [3.8, 4) is 0 Å². The van der Waals surface area contributed by atoms with Crippen LogP contribution in [0.4, 0.5) is 0 Å². The lowest BCUT2D eigenvalue weighted by molar-refractivity contribution is 0.651. The molecule has 0 aliphatic carbocycles. The van der Waals surface area contributed by atoms with E-state index in [1.165, 1.54) is 5.57 Å². The predicted octanol–water partition coefficient (Wildman–Crippen LogP) is 3.66. The Bertz CT molecular complexity index is 261. The summed E-state index contributed by atoms with van der Waals surface area (Å²) in [7, 11) is -1.14. The molecule has 0 saturated carbocycles. The lowest BCUT2D eigenvalue weighted by atomic mass is 10.2. The van der Waals surface area contributed by atoms with Crippen LogP contribution in [0.25, 0.3) is 0 Å². The van der Waals surface area contributed by atoms with Gasteiger partial charge in [0, 0.05) is 6.21 Å². The van der Waals surface area contributed by atoms with Gasteiger partial charge in [0.15, 0.2) is 0 Å². The Morgan fingerprint density at radius 2 is 1.93 bits per heavy atom. The SMILES string of the molecule is CCC/C=C(/C=N/[S@](=O)C(C)(C)C)CC. The Hall–Kier alpha value is -0.440. The summed E-state index contributed by atoms with van der Waals surface area (Å²) in [5.74, 6) is 0. The summed E-state index contributed by atoms with van der Waals surface area (Å²) in [5.41, 5.74) is 1.18. The zero-order valence-corrected chi connectivity index (χ0v) is 11.4. The van der Waals surface area contributed by atoms with Crippen LogP contribution < -0.4 is 0 Å². The summed E-state index contributed by atoms with van der Waals surface area (Å²) < 4.78 is 15.5. The molecule has 0 radical (unpaired) electrons. The summed E-state index contributed by atoms with van der Waals surface area (Å²) in [6.45, 7) is 10.0. The fraction of sp³-hybridized carbons (Fsp3) is 0.750. The highest BCUT2D eigenvalue weighted by Gasteiger charge is 2.17. The van der Waals surface area contributed by atoms with Crippen molar-refractivity contribution in [2.75, 3.05) is 0 Å². The molecule has 2 nitrogen and oxygen atoms in total. The van der Waals surface area contributed by atoms with Crippen molar-refractivity contribution in [3.05, 3.63) is 11.6 Å². The lowest BCUT2D eigenvalue weighted by Gasteiger charge is -2.12. The van der Waals surface area contributed by atoms with Crippen LogP contribution in [0.2, 0.25) is 0 Å². The first-order chi connectivity index (χ1) is 6.91. The van der Waals surface area contributed by atoms with E-state index >= 15 is 0 Å². The van der Waals surface area contributed by atoms with Gasteiger partial charge in [-0.2, -0.15) is 4.40 Å². The molecule has 0 aromatic heterocycles. The van der Waals surface area contributed by atoms with Crippen LogP contribution in [0.1, 0.15) is 53.9 Å². The summed E-state index contributed by atoms with van der Waals surface area (Å²) in [4.78, 5) is 0. The second-order valence-electron chi connectivity index (χ2n) is 4.52. The van der Waals surface area contributed by atoms with Crippen molar-refractivity contribution in [1.29, 1.82) is 0 Å². The van der Waals surface area contributed by atoms with Crippen LogP contribution in [-0.4, -0.2) is 15.2 Å². The van der Waals surface area contributed by atoms with Crippen LogP contribution in [0, 0.1) is 0 Å². The van der Waals surface area contributed by atoms with Crippen molar-refractivity contribution in [2.45, 2.75) is 58.6 Å². The molecule has 0 aliphatic heterocycles. The summed E-state index contributed by atoms with van der Waals surface area (Å²) in [6.07, 6.45) is 7.09. The third-order valence-electron chi connectivity index (χ3n) is 1.94. The Kier molecular flexibility index (Phi) is 6.73. The minimum atomic E-state index is -1.14. The summed E-state index contributed by atoms with van der Waals surface area (Å²) >= 11 is 0. The van der Waals surface area contributed by atoms with Crippen LogP contribution in [0.15, 0.2) is 16.0 Å². The number of rotatable bonds is 5. The Labute approximate surface area is 96.5 Å². The molecule has 88 valence electrons. The van der Waals surface area contributed by atoms with Gasteiger partial charge in [0.25, 0.3) is 0 Å². The highest BCUT2D eigenvalue weighted by atomic mass is 32.2. The molecule has 0 unspecified atom stereocenters. The van der Waals surface area contributed by atoms with E-state index in [-0.39, 0.29) is 4.75 Å². The minimum Gasteiger partial charge on any atom is -0.234 e. The average molecular weight is 229 g/mol. The van der Waals surface area contributed by atoms with E-state index in [0.717, 1.165) is 19.3 Å². The maximum atomic E-state index is 11.6. The lowest BCUT2D eigenvalue weighted by Crippen LogP contribution is -2.19. The number of unbranched alkanes of at least 4 members (excludes halogenated alkanes) is 1. The van der Waals surface area contributed by atoms with Gasteiger partial charge >= 0.3 is 0 Å². The van der Waals surface area contributed by atoms with Gasteiger partial charge in [-0.3, -0.25) is 0 Å². The molecule has 0 rings (SSSR count). The highest BCUT2D eigenvalue weighted by molar-refractivity contribution is 7.85. The van der Waals surface area contributed by atoms with Gasteiger partial charge in [0.05, 0.1) is 4.75 Å². The normalized spacial score (nSPS) is 15.9. The summed E-state index contributed by atoms with van der Waals surface area (Å²) in [6, 6.07) is 0. The Morgan fingerprint density at radius 1 is 1.33 bits per heavy atom. The van der Waals surface area contributed by atoms with Gasteiger partial charge in [0.2, 0.25) is 0 Å². The van der Waals surface area contributed by atoms with E-state index in [2.05, 4.69) is 24.3 Å². The zero-order valence-electron chi connectivity index (χ0n) is 10.5. The molecule has 0 fully saturated rings. The van der Waals surface area contributed by atoms with Crippen LogP contribution in [0.3, 0.4) is 0 Å². The minimum absolute atomic E-state index is 0.264. The largest absolute Gasteiger partial charge is 0.234 e. The van der Waals surface area contributed by atoms with Crippen molar-refractivity contribution in [3.63, 3.8) is 0 Å². The van der Waals surface area contributed by atoms with Crippen molar-refractivity contribution >= 4 is 17.2 Å². The highest BCUT2D eigenvalue weighted by Crippen LogP contribution is 2.12. The van der Waals surface area contributed by atoms with E-state index in [1.807, 2.05) is 20.8 Å². The number of hydrogen-bond acceptors (Lipinski definition) is 1. The molecule has 15 heavy (non-hydrogen) atoms. The zero-order chi connectivity index (χ0) is 11.9. The molecule has 0 spiro atoms. The van der Waals surface area contributed by atoms with Crippen molar-refractivity contribution in [1.82, 2.24) is 0 Å². The molecule has 0 saturated heterocycles. The van der Waals surface area contributed by atoms with Gasteiger partial charge < -0.3 is 0 Å². The Morgan fingerprint density at radius 3 is 2.33 bits per heavy atom. The fourth-order valence-electron chi connectivity index (χ4n) is 0.892. The van der Waals surface area contributed by atoms with Gasteiger partial charge in [-0.15, -0.1) is 0 Å². The van der Waals surface area contributed by atoms with E-state index in [1.54, 1.807) is 6.21 Å². The first-order valence-electron chi connectivity index (χ1n) is 5.56. The Balaban J connectivity index is 4.42. The molecular formula is C12H23NOS. The molecule has 0 heterocycles. The van der Waals surface area contributed by atoms with Crippen LogP contribution in [0.5, 0.6) is 0 Å². The van der Waals surface area contributed by atoms with Gasteiger partial charge in [-0.25, -0.2) is 4.21 Å². The number of nitrogens with zero attached hydrogens (tertiary/aromatic N) is 1. The first-order valence-corrected chi connectivity index (χ1v) is 6.67. The molecule has 0 aromatic rings. The first kappa shape index (κ1) is 14.6. The third kappa shape index (κ3) is 6.61. The average Bonchev–Trinajstić information content (AvgIpc) is 2.16. The predicted molar refractivity (Wildman–Crippen MR) is 69.7 cm³/mol. The molecule has 3 heteroatoms. The summed E-state index contributed by atoms with van der Waals surface area (Å²) in [5, 5.41) is 0.